The van der Waals surface area contributed by atoms with E-state index in [1.165, 1.54) is 42.3 Å². The Morgan fingerprint density at radius 1 is 1.11 bits per heavy atom. The number of benzene rings is 3. The largest absolute Gasteiger partial charge is 0.493 e. The van der Waals surface area contributed by atoms with E-state index in [9.17, 15) is 24.5 Å². The molecule has 0 aromatic heterocycles. The summed E-state index contributed by atoms with van der Waals surface area (Å²) in [6.45, 7) is 1.88. The number of nitro groups is 1. The highest BCUT2D eigenvalue weighted by molar-refractivity contribution is 6.15. The number of carbonyl (C=O) groups is 3. The van der Waals surface area contributed by atoms with Crippen LogP contribution in [0.1, 0.15) is 27.6 Å². The topological polar surface area (TPSA) is 140 Å². The third kappa shape index (κ3) is 4.80. The van der Waals surface area contributed by atoms with Crippen molar-refractivity contribution >= 4 is 40.5 Å². The second kappa shape index (κ2) is 10.1. The summed E-state index contributed by atoms with van der Waals surface area (Å²) in [6.07, 6.45) is 0. The minimum Gasteiger partial charge on any atom is -0.493 e. The Morgan fingerprint density at radius 2 is 1.83 bits per heavy atom. The number of amides is 3. The number of fused-ring (bicyclic) bond motifs is 1. The van der Waals surface area contributed by atoms with Gasteiger partial charge in [-0.1, -0.05) is 12.1 Å². The molecule has 0 saturated carbocycles. The number of hydrogen-bond acceptors (Lipinski definition) is 7. The average Bonchev–Trinajstić information content (AvgIpc) is 2.88. The van der Waals surface area contributed by atoms with Crippen molar-refractivity contribution in [1.29, 1.82) is 0 Å². The van der Waals surface area contributed by atoms with E-state index in [2.05, 4.69) is 10.6 Å². The van der Waals surface area contributed by atoms with Crippen molar-refractivity contribution in [2.75, 3.05) is 35.8 Å². The van der Waals surface area contributed by atoms with Gasteiger partial charge < -0.3 is 20.1 Å². The van der Waals surface area contributed by atoms with Crippen molar-refractivity contribution in [3.8, 4) is 11.5 Å². The van der Waals surface area contributed by atoms with Gasteiger partial charge in [-0.15, -0.1) is 0 Å². The van der Waals surface area contributed by atoms with E-state index >= 15 is 0 Å². The molecule has 0 atom stereocenters. The summed E-state index contributed by atoms with van der Waals surface area (Å²) < 4.78 is 10.6. The van der Waals surface area contributed by atoms with Crippen LogP contribution in [-0.2, 0) is 4.79 Å². The quantitative estimate of drug-likeness (QED) is 0.379. The highest BCUT2D eigenvalue weighted by atomic mass is 16.6. The molecular weight excluding hydrogens is 468 g/mol. The van der Waals surface area contributed by atoms with Gasteiger partial charge in [0.2, 0.25) is 5.91 Å². The first-order valence-corrected chi connectivity index (χ1v) is 10.9. The van der Waals surface area contributed by atoms with Crippen LogP contribution in [0.5, 0.6) is 11.5 Å². The second-order valence-electron chi connectivity index (χ2n) is 7.70. The van der Waals surface area contributed by atoms with E-state index in [1.807, 2.05) is 0 Å². The Morgan fingerprint density at radius 3 is 2.50 bits per heavy atom. The van der Waals surface area contributed by atoms with Crippen LogP contribution >= 0.6 is 0 Å². The molecular formula is C25H22N4O7. The molecule has 11 nitrogen and oxygen atoms in total. The summed E-state index contributed by atoms with van der Waals surface area (Å²) in [5, 5.41) is 16.9. The predicted octanol–water partition coefficient (Wildman–Crippen LogP) is 3.85. The van der Waals surface area contributed by atoms with E-state index in [1.54, 1.807) is 31.2 Å². The standard InChI is InChI=1S/C25H22N4O7/c1-3-36-22-12-17(20(29(33)34)13-21(22)35-2)24(31)26-16-10-8-15(9-11-16)25(32)28-14-23(30)27-18-6-4-5-7-19(18)28/h4-13H,3,14H2,1-2H3,(H,26,31)(H,27,30). The monoisotopic (exact) mass is 490 g/mol. The van der Waals surface area contributed by atoms with Crippen LogP contribution in [0.2, 0.25) is 0 Å². The van der Waals surface area contributed by atoms with Crippen molar-refractivity contribution in [2.45, 2.75) is 6.92 Å². The Kier molecular flexibility index (Phi) is 6.81. The molecule has 36 heavy (non-hydrogen) atoms. The zero-order chi connectivity index (χ0) is 25.8. The molecule has 4 rings (SSSR count). The molecule has 0 unspecified atom stereocenters. The molecule has 1 aliphatic heterocycles. The number of ether oxygens (including phenoxy) is 2. The van der Waals surface area contributed by atoms with Crippen LogP contribution in [0.4, 0.5) is 22.7 Å². The molecule has 184 valence electrons. The fourth-order valence-electron chi connectivity index (χ4n) is 3.77. The molecule has 0 saturated heterocycles. The van der Waals surface area contributed by atoms with Crippen molar-refractivity contribution in [3.05, 3.63) is 81.9 Å². The predicted molar refractivity (Wildman–Crippen MR) is 132 cm³/mol. The SMILES string of the molecule is CCOc1cc(C(=O)Nc2ccc(C(=O)N3CC(=O)Nc4ccccc43)cc2)c([N+](=O)[O-])cc1OC. The van der Waals surface area contributed by atoms with Gasteiger partial charge in [0, 0.05) is 17.3 Å². The Bertz CT molecular complexity index is 1360. The molecule has 1 aliphatic rings. The van der Waals surface area contributed by atoms with E-state index in [0.717, 1.165) is 6.07 Å². The first-order chi connectivity index (χ1) is 17.3. The number of carbonyl (C=O) groups excluding carboxylic acids is 3. The zero-order valence-corrected chi connectivity index (χ0v) is 19.4. The summed E-state index contributed by atoms with van der Waals surface area (Å²) in [7, 11) is 1.35. The summed E-state index contributed by atoms with van der Waals surface area (Å²) in [6, 6.07) is 15.4. The maximum atomic E-state index is 13.1. The van der Waals surface area contributed by atoms with Gasteiger partial charge in [0.25, 0.3) is 17.5 Å². The minimum absolute atomic E-state index is 0.127. The molecule has 3 aromatic rings. The van der Waals surface area contributed by atoms with Crippen molar-refractivity contribution < 1.29 is 28.8 Å². The van der Waals surface area contributed by atoms with Gasteiger partial charge in [0.05, 0.1) is 36.1 Å². The van der Waals surface area contributed by atoms with Crippen molar-refractivity contribution in [3.63, 3.8) is 0 Å². The number of nitrogens with zero attached hydrogens (tertiary/aromatic N) is 2. The van der Waals surface area contributed by atoms with Crippen LogP contribution in [-0.4, -0.2) is 42.9 Å². The van der Waals surface area contributed by atoms with E-state index < -0.39 is 16.5 Å². The molecule has 1 heterocycles. The molecule has 11 heteroatoms. The Labute approximate surface area is 205 Å². The number of nitro benzene ring substituents is 1. The lowest BCUT2D eigenvalue weighted by atomic mass is 10.1. The third-order valence-electron chi connectivity index (χ3n) is 5.43. The fourth-order valence-corrected chi connectivity index (χ4v) is 3.77. The zero-order valence-electron chi connectivity index (χ0n) is 19.4. The Balaban J connectivity index is 1.56. The number of nitrogens with one attached hydrogen (secondary N) is 2. The fraction of sp³-hybridized carbons (Fsp3) is 0.160. The summed E-state index contributed by atoms with van der Waals surface area (Å²) in [5.74, 6) is -1.09. The van der Waals surface area contributed by atoms with Gasteiger partial charge in [-0.3, -0.25) is 29.4 Å². The maximum absolute atomic E-state index is 13.1. The highest BCUT2D eigenvalue weighted by Crippen LogP contribution is 2.35. The number of para-hydroxylation sites is 2. The summed E-state index contributed by atoms with van der Waals surface area (Å²) >= 11 is 0. The molecule has 0 bridgehead atoms. The van der Waals surface area contributed by atoms with Gasteiger partial charge in [-0.25, -0.2) is 0 Å². The average molecular weight is 490 g/mol. The van der Waals surface area contributed by atoms with Crippen LogP contribution in [0.25, 0.3) is 0 Å². The van der Waals surface area contributed by atoms with Gasteiger partial charge >= 0.3 is 0 Å². The van der Waals surface area contributed by atoms with Crippen LogP contribution in [0.3, 0.4) is 0 Å². The molecule has 0 aliphatic carbocycles. The minimum atomic E-state index is -0.731. The maximum Gasteiger partial charge on any atom is 0.286 e. The molecule has 0 fully saturated rings. The number of methoxy groups -OCH3 is 1. The van der Waals surface area contributed by atoms with Crippen molar-refractivity contribution in [1.82, 2.24) is 0 Å². The number of hydrogen-bond donors (Lipinski definition) is 2. The lowest BCUT2D eigenvalue weighted by molar-refractivity contribution is -0.385. The third-order valence-corrected chi connectivity index (χ3v) is 5.43. The molecule has 3 aromatic carbocycles. The van der Waals surface area contributed by atoms with Crippen LogP contribution < -0.4 is 25.0 Å². The smallest absolute Gasteiger partial charge is 0.286 e. The lowest BCUT2D eigenvalue weighted by Crippen LogP contribution is -2.42. The first kappa shape index (κ1) is 24.2. The Hall–Kier alpha value is -4.93. The van der Waals surface area contributed by atoms with Gasteiger partial charge in [-0.2, -0.15) is 0 Å². The van der Waals surface area contributed by atoms with E-state index in [-0.39, 0.29) is 42.0 Å². The molecule has 2 N–H and O–H groups in total. The van der Waals surface area contributed by atoms with E-state index in [0.29, 0.717) is 22.6 Å². The van der Waals surface area contributed by atoms with Gasteiger partial charge in [-0.05, 0) is 43.3 Å². The van der Waals surface area contributed by atoms with Gasteiger partial charge in [0.15, 0.2) is 11.5 Å². The highest BCUT2D eigenvalue weighted by Gasteiger charge is 2.28. The van der Waals surface area contributed by atoms with Crippen molar-refractivity contribution in [2.24, 2.45) is 0 Å². The summed E-state index contributed by atoms with van der Waals surface area (Å²) in [4.78, 5) is 50.3. The van der Waals surface area contributed by atoms with Crippen LogP contribution in [0, 0.1) is 10.1 Å². The second-order valence-corrected chi connectivity index (χ2v) is 7.70. The van der Waals surface area contributed by atoms with E-state index in [4.69, 9.17) is 9.47 Å². The first-order valence-electron chi connectivity index (χ1n) is 10.9. The summed E-state index contributed by atoms with van der Waals surface area (Å²) in [5.41, 5.74) is 1.08. The number of anilines is 3. The lowest BCUT2D eigenvalue weighted by Gasteiger charge is -2.29. The molecule has 0 radical (unpaired) electrons. The normalized spacial score (nSPS) is 12.3. The van der Waals surface area contributed by atoms with Gasteiger partial charge in [0.1, 0.15) is 12.1 Å². The van der Waals surface area contributed by atoms with Crippen LogP contribution in [0.15, 0.2) is 60.7 Å². The molecule has 3 amide bonds. The molecule has 0 spiro atoms. The number of rotatable bonds is 7.